The zero-order valence-corrected chi connectivity index (χ0v) is 11.8. The number of nitrogens with zero attached hydrogens (tertiary/aromatic N) is 1. The van der Waals surface area contributed by atoms with Crippen molar-refractivity contribution in [2.75, 3.05) is 18.4 Å². The van der Waals surface area contributed by atoms with Crippen molar-refractivity contribution in [3.05, 3.63) is 60.0 Å². The molecular weight excluding hydrogens is 246 g/mol. The van der Waals surface area contributed by atoms with Crippen LogP contribution < -0.4 is 11.1 Å². The fraction of sp³-hybridized carbons (Fsp3) is 0.294. The Morgan fingerprint density at radius 2 is 1.85 bits per heavy atom. The average molecular weight is 267 g/mol. The first-order chi connectivity index (χ1) is 9.68. The smallest absolute Gasteiger partial charge is 0.0576 e. The van der Waals surface area contributed by atoms with Crippen LogP contribution in [0.2, 0.25) is 0 Å². The van der Waals surface area contributed by atoms with E-state index in [1.807, 2.05) is 6.07 Å². The maximum Gasteiger partial charge on any atom is 0.0576 e. The average Bonchev–Trinajstić information content (AvgIpc) is 2.46. The number of hydrogen-bond donors (Lipinski definition) is 2. The first-order valence-electron chi connectivity index (χ1n) is 7.18. The summed E-state index contributed by atoms with van der Waals surface area (Å²) < 4.78 is 0. The molecule has 2 heterocycles. The number of fused-ring (bicyclic) bond motifs is 1. The third-order valence-electron chi connectivity index (χ3n) is 4.00. The Bertz CT molecular complexity index is 592. The number of benzene rings is 1. The molecule has 0 amide bonds. The SMILES string of the molecule is C=C(N)C1=C(N2CCCCC2)c2ccccc2NC1=C. The van der Waals surface area contributed by atoms with Crippen LogP contribution in [0.3, 0.4) is 0 Å². The minimum absolute atomic E-state index is 0.581. The van der Waals surface area contributed by atoms with E-state index in [0.29, 0.717) is 5.70 Å². The molecule has 1 fully saturated rings. The number of likely N-dealkylation sites (tertiary alicyclic amines) is 1. The lowest BCUT2D eigenvalue weighted by Gasteiger charge is -2.37. The van der Waals surface area contributed by atoms with Gasteiger partial charge in [-0.3, -0.25) is 0 Å². The van der Waals surface area contributed by atoms with Crippen LogP contribution >= 0.6 is 0 Å². The molecule has 104 valence electrons. The largest absolute Gasteiger partial charge is 0.399 e. The van der Waals surface area contributed by atoms with Gasteiger partial charge < -0.3 is 16.0 Å². The number of nitrogens with one attached hydrogen (secondary N) is 1. The van der Waals surface area contributed by atoms with Gasteiger partial charge >= 0.3 is 0 Å². The van der Waals surface area contributed by atoms with Crippen LogP contribution in [-0.2, 0) is 0 Å². The summed E-state index contributed by atoms with van der Waals surface area (Å²) in [4.78, 5) is 2.43. The van der Waals surface area contributed by atoms with Gasteiger partial charge in [-0.15, -0.1) is 0 Å². The molecule has 2 aliphatic heterocycles. The van der Waals surface area contributed by atoms with Gasteiger partial charge in [0.15, 0.2) is 0 Å². The van der Waals surface area contributed by atoms with Crippen molar-refractivity contribution in [1.29, 1.82) is 0 Å². The lowest BCUT2D eigenvalue weighted by atomic mass is 9.94. The Kier molecular flexibility index (Phi) is 3.26. The van der Waals surface area contributed by atoms with Crippen molar-refractivity contribution < 1.29 is 0 Å². The molecule has 0 unspecified atom stereocenters. The molecule has 3 N–H and O–H groups in total. The first kappa shape index (κ1) is 12.9. The fourth-order valence-corrected chi connectivity index (χ4v) is 3.09. The second-order valence-electron chi connectivity index (χ2n) is 5.45. The molecule has 2 aliphatic rings. The molecule has 1 saturated heterocycles. The number of piperidine rings is 1. The third-order valence-corrected chi connectivity index (χ3v) is 4.00. The Hall–Kier alpha value is -2.16. The molecular formula is C17H21N3. The molecule has 0 atom stereocenters. The second kappa shape index (κ2) is 5.08. The van der Waals surface area contributed by atoms with Gasteiger partial charge in [0.05, 0.1) is 5.70 Å². The van der Waals surface area contributed by atoms with Crippen molar-refractivity contribution in [3.63, 3.8) is 0 Å². The van der Waals surface area contributed by atoms with Gasteiger partial charge in [-0.1, -0.05) is 31.4 Å². The summed E-state index contributed by atoms with van der Waals surface area (Å²) in [5.74, 6) is 0. The van der Waals surface area contributed by atoms with E-state index in [1.54, 1.807) is 0 Å². The Morgan fingerprint density at radius 3 is 2.55 bits per heavy atom. The standard InChI is InChI=1S/C17H21N3/c1-12(18)16-13(2)19-15-9-5-4-8-14(15)17(16)20-10-6-3-7-11-20/h4-5,8-9,19H,1-3,6-7,10-11,18H2. The number of anilines is 1. The third kappa shape index (κ3) is 2.09. The minimum Gasteiger partial charge on any atom is -0.399 e. The molecule has 0 bridgehead atoms. The Balaban J connectivity index is 2.17. The summed E-state index contributed by atoms with van der Waals surface area (Å²) in [7, 11) is 0. The highest BCUT2D eigenvalue weighted by molar-refractivity contribution is 5.87. The zero-order chi connectivity index (χ0) is 14.1. The Morgan fingerprint density at radius 1 is 1.15 bits per heavy atom. The molecule has 0 aliphatic carbocycles. The van der Waals surface area contributed by atoms with E-state index in [9.17, 15) is 0 Å². The highest BCUT2D eigenvalue weighted by Crippen LogP contribution is 2.39. The van der Waals surface area contributed by atoms with E-state index < -0.39 is 0 Å². The zero-order valence-electron chi connectivity index (χ0n) is 11.8. The molecule has 1 aromatic carbocycles. The monoisotopic (exact) mass is 267 g/mol. The van der Waals surface area contributed by atoms with E-state index >= 15 is 0 Å². The normalized spacial score (nSPS) is 18.6. The summed E-state index contributed by atoms with van der Waals surface area (Å²) in [6.45, 7) is 10.2. The number of rotatable bonds is 2. The highest BCUT2D eigenvalue weighted by atomic mass is 15.2. The van der Waals surface area contributed by atoms with Crippen LogP contribution in [0.1, 0.15) is 24.8 Å². The van der Waals surface area contributed by atoms with Gasteiger partial charge in [0.2, 0.25) is 0 Å². The van der Waals surface area contributed by atoms with E-state index in [2.05, 4.69) is 41.6 Å². The van der Waals surface area contributed by atoms with Gasteiger partial charge in [0.25, 0.3) is 0 Å². The van der Waals surface area contributed by atoms with E-state index in [0.717, 1.165) is 30.0 Å². The molecule has 3 rings (SSSR count). The lowest BCUT2D eigenvalue weighted by molar-refractivity contribution is 0.324. The summed E-state index contributed by atoms with van der Waals surface area (Å²) in [5.41, 5.74) is 11.9. The lowest BCUT2D eigenvalue weighted by Crippen LogP contribution is -2.32. The van der Waals surface area contributed by atoms with E-state index in [4.69, 9.17) is 5.73 Å². The van der Waals surface area contributed by atoms with Gasteiger partial charge in [-0.2, -0.15) is 0 Å². The summed E-state index contributed by atoms with van der Waals surface area (Å²) >= 11 is 0. The van der Waals surface area contributed by atoms with Crippen LogP contribution in [0, 0.1) is 0 Å². The van der Waals surface area contributed by atoms with E-state index in [1.165, 1.54) is 30.5 Å². The first-order valence-corrected chi connectivity index (χ1v) is 7.18. The van der Waals surface area contributed by atoms with E-state index in [-0.39, 0.29) is 0 Å². The molecule has 0 spiro atoms. The predicted octanol–water partition coefficient (Wildman–Crippen LogP) is 3.30. The molecule has 0 aromatic heterocycles. The predicted molar refractivity (Wildman–Crippen MR) is 84.9 cm³/mol. The van der Waals surface area contributed by atoms with Crippen LogP contribution in [-0.4, -0.2) is 18.0 Å². The molecule has 3 nitrogen and oxygen atoms in total. The summed E-state index contributed by atoms with van der Waals surface area (Å²) in [6, 6.07) is 8.33. The maximum atomic E-state index is 6.03. The van der Waals surface area contributed by atoms with Gasteiger partial charge in [-0.25, -0.2) is 0 Å². The van der Waals surface area contributed by atoms with Gasteiger partial charge in [0.1, 0.15) is 0 Å². The highest BCUT2D eigenvalue weighted by Gasteiger charge is 2.27. The van der Waals surface area contributed by atoms with Crippen LogP contribution in [0.5, 0.6) is 0 Å². The van der Waals surface area contributed by atoms with Crippen LogP contribution in [0.15, 0.2) is 54.4 Å². The molecule has 1 aromatic rings. The van der Waals surface area contributed by atoms with Crippen molar-refractivity contribution in [1.82, 2.24) is 4.90 Å². The quantitative estimate of drug-likeness (QED) is 0.864. The van der Waals surface area contributed by atoms with Crippen molar-refractivity contribution in [2.45, 2.75) is 19.3 Å². The van der Waals surface area contributed by atoms with Crippen LogP contribution in [0.4, 0.5) is 5.69 Å². The summed E-state index contributed by atoms with van der Waals surface area (Å²) in [5, 5.41) is 3.34. The van der Waals surface area contributed by atoms with Gasteiger partial charge in [-0.05, 0) is 25.3 Å². The molecule has 0 saturated carbocycles. The second-order valence-corrected chi connectivity index (χ2v) is 5.45. The topological polar surface area (TPSA) is 41.3 Å². The molecule has 0 radical (unpaired) electrons. The van der Waals surface area contributed by atoms with Crippen LogP contribution in [0.25, 0.3) is 5.70 Å². The molecule has 20 heavy (non-hydrogen) atoms. The molecule has 3 heteroatoms. The fourth-order valence-electron chi connectivity index (χ4n) is 3.09. The van der Waals surface area contributed by atoms with Gasteiger partial charge in [0, 0.05) is 41.3 Å². The minimum atomic E-state index is 0.581. The number of hydrogen-bond acceptors (Lipinski definition) is 3. The summed E-state index contributed by atoms with van der Waals surface area (Å²) in [6.07, 6.45) is 3.77. The Labute approximate surface area is 120 Å². The van der Waals surface area contributed by atoms with Crippen molar-refractivity contribution >= 4 is 11.4 Å². The maximum absolute atomic E-state index is 6.03. The number of para-hydroxylation sites is 1. The van der Waals surface area contributed by atoms with Crippen molar-refractivity contribution in [3.8, 4) is 0 Å². The number of nitrogens with two attached hydrogens (primary N) is 1. The van der Waals surface area contributed by atoms with Crippen molar-refractivity contribution in [2.24, 2.45) is 5.73 Å².